The van der Waals surface area contributed by atoms with Gasteiger partial charge >= 0.3 is 0 Å². The van der Waals surface area contributed by atoms with Crippen LogP contribution in [0.25, 0.3) is 0 Å². The van der Waals surface area contributed by atoms with Crippen molar-refractivity contribution in [2.24, 2.45) is 5.73 Å². The van der Waals surface area contributed by atoms with E-state index in [1.54, 1.807) is 16.8 Å². The minimum absolute atomic E-state index is 0.0807. The zero-order valence-electron chi connectivity index (χ0n) is 7.46. The zero-order chi connectivity index (χ0) is 10.7. The molecule has 0 unspecified atom stereocenters. The summed E-state index contributed by atoms with van der Waals surface area (Å²) in [5.41, 5.74) is 6.14. The molecule has 1 aromatic rings. The molecule has 76 valence electrons. The minimum Gasteiger partial charge on any atom is -0.327 e. The highest BCUT2D eigenvalue weighted by molar-refractivity contribution is 9.11. The summed E-state index contributed by atoms with van der Waals surface area (Å²) < 4.78 is 2.93. The summed E-state index contributed by atoms with van der Waals surface area (Å²) in [5, 5.41) is 0. The molecule has 0 radical (unpaired) electrons. The van der Waals surface area contributed by atoms with Gasteiger partial charge in [0.1, 0.15) is 0 Å². The highest BCUT2D eigenvalue weighted by atomic mass is 79.9. The number of hydrogen-bond donors (Lipinski definition) is 1. The monoisotopic (exact) mass is 320 g/mol. The maximum absolute atomic E-state index is 11.6. The Morgan fingerprint density at radius 2 is 2.21 bits per heavy atom. The molecule has 0 aliphatic carbocycles. The Balaban J connectivity index is 3.09. The standard InChI is InChI=1S/C9H10Br2N2O/c1-6(3-12)4-13-5-7(10)2-8(11)9(13)14/h2,5H,1,3-4,12H2. The van der Waals surface area contributed by atoms with Crippen LogP contribution in [0.2, 0.25) is 0 Å². The molecule has 0 aliphatic rings. The molecule has 3 nitrogen and oxygen atoms in total. The quantitative estimate of drug-likeness (QED) is 0.864. The Labute approximate surface area is 98.9 Å². The first-order chi connectivity index (χ1) is 6.54. The number of pyridine rings is 1. The van der Waals surface area contributed by atoms with E-state index in [2.05, 4.69) is 38.4 Å². The van der Waals surface area contributed by atoms with E-state index in [9.17, 15) is 4.79 Å². The number of halogens is 2. The largest absolute Gasteiger partial charge is 0.327 e. The summed E-state index contributed by atoms with van der Waals surface area (Å²) in [5.74, 6) is 0. The van der Waals surface area contributed by atoms with E-state index in [1.807, 2.05) is 0 Å². The topological polar surface area (TPSA) is 48.0 Å². The van der Waals surface area contributed by atoms with Gasteiger partial charge in [-0.25, -0.2) is 0 Å². The molecule has 0 aliphatic heterocycles. The number of rotatable bonds is 3. The lowest BCUT2D eigenvalue weighted by atomic mass is 10.3. The van der Waals surface area contributed by atoms with E-state index in [4.69, 9.17) is 5.73 Å². The third-order valence-electron chi connectivity index (χ3n) is 1.69. The Bertz CT molecular complexity index is 412. The van der Waals surface area contributed by atoms with Crippen LogP contribution in [0.1, 0.15) is 0 Å². The average Bonchev–Trinajstić information content (AvgIpc) is 2.13. The summed E-state index contributed by atoms with van der Waals surface area (Å²) in [6, 6.07) is 1.71. The lowest BCUT2D eigenvalue weighted by Crippen LogP contribution is -2.22. The Kier molecular flexibility index (Phi) is 4.10. The molecule has 14 heavy (non-hydrogen) atoms. The van der Waals surface area contributed by atoms with Crippen molar-refractivity contribution in [1.29, 1.82) is 0 Å². The van der Waals surface area contributed by atoms with Crippen LogP contribution < -0.4 is 11.3 Å². The van der Waals surface area contributed by atoms with Gasteiger partial charge in [-0.15, -0.1) is 0 Å². The Morgan fingerprint density at radius 1 is 1.57 bits per heavy atom. The summed E-state index contributed by atoms with van der Waals surface area (Å²) >= 11 is 6.49. The maximum Gasteiger partial charge on any atom is 0.265 e. The van der Waals surface area contributed by atoms with Crippen LogP contribution in [0, 0.1) is 0 Å². The van der Waals surface area contributed by atoms with Gasteiger partial charge in [-0.2, -0.15) is 0 Å². The SMILES string of the molecule is C=C(CN)Cn1cc(Br)cc(Br)c1=O. The second kappa shape index (κ2) is 4.91. The van der Waals surface area contributed by atoms with Crippen LogP contribution in [0.15, 0.2) is 38.2 Å². The van der Waals surface area contributed by atoms with Gasteiger partial charge in [0.2, 0.25) is 0 Å². The van der Waals surface area contributed by atoms with Gasteiger partial charge in [-0.05, 0) is 43.5 Å². The van der Waals surface area contributed by atoms with Gasteiger partial charge < -0.3 is 10.3 Å². The van der Waals surface area contributed by atoms with Crippen LogP contribution in [0.4, 0.5) is 0 Å². The average molecular weight is 322 g/mol. The highest BCUT2D eigenvalue weighted by Crippen LogP contribution is 2.13. The molecule has 1 heterocycles. The molecule has 0 aromatic carbocycles. The predicted molar refractivity (Wildman–Crippen MR) is 64.3 cm³/mol. The van der Waals surface area contributed by atoms with Crippen molar-refractivity contribution < 1.29 is 0 Å². The summed E-state index contributed by atoms with van der Waals surface area (Å²) in [6.45, 7) is 4.59. The Morgan fingerprint density at radius 3 is 2.79 bits per heavy atom. The van der Waals surface area contributed by atoms with E-state index in [-0.39, 0.29) is 5.56 Å². The summed E-state index contributed by atoms with van der Waals surface area (Å²) in [6.07, 6.45) is 1.72. The van der Waals surface area contributed by atoms with Crippen LogP contribution in [-0.4, -0.2) is 11.1 Å². The second-order valence-corrected chi connectivity index (χ2v) is 4.66. The molecule has 0 saturated carbocycles. The molecule has 1 rings (SSSR count). The fraction of sp³-hybridized carbons (Fsp3) is 0.222. The van der Waals surface area contributed by atoms with Crippen molar-refractivity contribution in [3.05, 3.63) is 43.7 Å². The van der Waals surface area contributed by atoms with Crippen molar-refractivity contribution in [3.8, 4) is 0 Å². The third kappa shape index (κ3) is 2.80. The van der Waals surface area contributed by atoms with Crippen LogP contribution in [0.5, 0.6) is 0 Å². The van der Waals surface area contributed by atoms with Gasteiger partial charge in [-0.1, -0.05) is 6.58 Å². The molecular formula is C9H10Br2N2O. The van der Waals surface area contributed by atoms with Gasteiger partial charge in [0.05, 0.1) is 4.47 Å². The van der Waals surface area contributed by atoms with E-state index >= 15 is 0 Å². The summed E-state index contributed by atoms with van der Waals surface area (Å²) in [4.78, 5) is 11.6. The molecule has 0 atom stereocenters. The van der Waals surface area contributed by atoms with Crippen LogP contribution in [-0.2, 0) is 6.54 Å². The van der Waals surface area contributed by atoms with Gasteiger partial charge in [0.25, 0.3) is 5.56 Å². The van der Waals surface area contributed by atoms with E-state index in [0.717, 1.165) is 10.0 Å². The first-order valence-electron chi connectivity index (χ1n) is 3.97. The van der Waals surface area contributed by atoms with Crippen molar-refractivity contribution >= 4 is 31.9 Å². The van der Waals surface area contributed by atoms with E-state index < -0.39 is 0 Å². The molecule has 5 heteroatoms. The van der Waals surface area contributed by atoms with Crippen molar-refractivity contribution in [2.45, 2.75) is 6.54 Å². The van der Waals surface area contributed by atoms with Crippen LogP contribution >= 0.6 is 31.9 Å². The first kappa shape index (κ1) is 11.7. The molecular weight excluding hydrogens is 312 g/mol. The predicted octanol–water partition coefficient (Wildman–Crippen LogP) is 1.89. The van der Waals surface area contributed by atoms with E-state index in [0.29, 0.717) is 17.6 Å². The first-order valence-corrected chi connectivity index (χ1v) is 5.55. The lowest BCUT2D eigenvalue weighted by Gasteiger charge is -2.07. The molecule has 1 aromatic heterocycles. The van der Waals surface area contributed by atoms with Gasteiger partial charge in [0, 0.05) is 23.8 Å². The number of nitrogens with zero attached hydrogens (tertiary/aromatic N) is 1. The van der Waals surface area contributed by atoms with Gasteiger partial charge in [-0.3, -0.25) is 4.79 Å². The van der Waals surface area contributed by atoms with Crippen molar-refractivity contribution in [1.82, 2.24) is 4.57 Å². The highest BCUT2D eigenvalue weighted by Gasteiger charge is 2.03. The van der Waals surface area contributed by atoms with Crippen molar-refractivity contribution in [3.63, 3.8) is 0 Å². The maximum atomic E-state index is 11.6. The molecule has 0 bridgehead atoms. The Hall–Kier alpha value is -0.390. The van der Waals surface area contributed by atoms with Gasteiger partial charge in [0.15, 0.2) is 0 Å². The fourth-order valence-electron chi connectivity index (χ4n) is 0.988. The molecule has 0 spiro atoms. The second-order valence-electron chi connectivity index (χ2n) is 2.89. The normalized spacial score (nSPS) is 10.2. The smallest absolute Gasteiger partial charge is 0.265 e. The lowest BCUT2D eigenvalue weighted by molar-refractivity contribution is 0.729. The molecule has 0 amide bonds. The van der Waals surface area contributed by atoms with Crippen LogP contribution in [0.3, 0.4) is 0 Å². The number of nitrogens with two attached hydrogens (primary N) is 1. The molecule has 2 N–H and O–H groups in total. The number of aromatic nitrogens is 1. The zero-order valence-corrected chi connectivity index (χ0v) is 10.6. The third-order valence-corrected chi connectivity index (χ3v) is 2.69. The fourth-order valence-corrected chi connectivity index (χ4v) is 2.25. The molecule has 0 fully saturated rings. The summed E-state index contributed by atoms with van der Waals surface area (Å²) in [7, 11) is 0. The van der Waals surface area contributed by atoms with Crippen molar-refractivity contribution in [2.75, 3.05) is 6.54 Å². The minimum atomic E-state index is -0.0807. The van der Waals surface area contributed by atoms with E-state index in [1.165, 1.54) is 0 Å². The molecule has 0 saturated heterocycles. The number of hydrogen-bond acceptors (Lipinski definition) is 2.